The summed E-state index contributed by atoms with van der Waals surface area (Å²) in [6.45, 7) is 3.61. The SMILES string of the molecule is CC1=NN=C2C=CC(C)(B(O)O)C=C12. The van der Waals surface area contributed by atoms with Crippen molar-refractivity contribution in [1.29, 1.82) is 0 Å². The lowest BCUT2D eigenvalue weighted by molar-refractivity contribution is 0.382. The number of nitrogens with zero attached hydrogens (tertiary/aromatic N) is 2. The Morgan fingerprint density at radius 3 is 2.71 bits per heavy atom. The number of allylic oxidation sites excluding steroid dienone is 4. The summed E-state index contributed by atoms with van der Waals surface area (Å²) in [6, 6.07) is 0. The molecular weight excluding hydrogens is 179 g/mol. The van der Waals surface area contributed by atoms with Gasteiger partial charge in [0.2, 0.25) is 0 Å². The van der Waals surface area contributed by atoms with E-state index in [1.165, 1.54) is 0 Å². The van der Waals surface area contributed by atoms with Crippen molar-refractivity contribution in [3.63, 3.8) is 0 Å². The van der Waals surface area contributed by atoms with Crippen molar-refractivity contribution in [2.24, 2.45) is 10.2 Å². The molecule has 2 rings (SSSR count). The first-order valence-corrected chi connectivity index (χ1v) is 4.44. The summed E-state index contributed by atoms with van der Waals surface area (Å²) in [5.41, 5.74) is 2.50. The van der Waals surface area contributed by atoms with Crippen LogP contribution >= 0.6 is 0 Å². The van der Waals surface area contributed by atoms with Gasteiger partial charge < -0.3 is 10.0 Å². The summed E-state index contributed by atoms with van der Waals surface area (Å²) in [4.78, 5) is 0. The van der Waals surface area contributed by atoms with Crippen molar-refractivity contribution in [2.75, 3.05) is 0 Å². The molecule has 0 bridgehead atoms. The molecule has 2 aliphatic rings. The zero-order valence-corrected chi connectivity index (χ0v) is 8.10. The number of hydrogen-bond acceptors (Lipinski definition) is 4. The van der Waals surface area contributed by atoms with E-state index in [2.05, 4.69) is 10.2 Å². The van der Waals surface area contributed by atoms with Gasteiger partial charge in [-0.1, -0.05) is 19.1 Å². The van der Waals surface area contributed by atoms with Gasteiger partial charge >= 0.3 is 7.12 Å². The zero-order valence-electron chi connectivity index (χ0n) is 8.10. The van der Waals surface area contributed by atoms with Crippen molar-refractivity contribution in [1.82, 2.24) is 0 Å². The molecule has 0 aromatic heterocycles. The Kier molecular flexibility index (Phi) is 1.94. The molecule has 1 unspecified atom stereocenters. The molecule has 0 radical (unpaired) electrons. The highest BCUT2D eigenvalue weighted by Crippen LogP contribution is 2.36. The Morgan fingerprint density at radius 1 is 1.36 bits per heavy atom. The third kappa shape index (κ3) is 1.25. The van der Waals surface area contributed by atoms with E-state index in [1.807, 2.05) is 6.92 Å². The van der Waals surface area contributed by atoms with Crippen molar-refractivity contribution in [3.05, 3.63) is 23.8 Å². The van der Waals surface area contributed by atoms with Gasteiger partial charge in [0, 0.05) is 10.9 Å². The molecule has 1 aliphatic heterocycles. The molecular formula is C9H11BN2O2. The Morgan fingerprint density at radius 2 is 2.07 bits per heavy atom. The average molecular weight is 190 g/mol. The molecule has 1 heterocycles. The van der Waals surface area contributed by atoms with Crippen molar-refractivity contribution >= 4 is 18.5 Å². The van der Waals surface area contributed by atoms with Crippen LogP contribution in [0.15, 0.2) is 34.0 Å². The molecule has 0 amide bonds. The number of hydrogen-bond donors (Lipinski definition) is 2. The molecule has 0 fully saturated rings. The molecule has 0 aromatic carbocycles. The Labute approximate surface area is 82.5 Å². The average Bonchev–Trinajstić information content (AvgIpc) is 2.48. The van der Waals surface area contributed by atoms with Crippen LogP contribution in [0.5, 0.6) is 0 Å². The Bertz CT molecular complexity index is 396. The highest BCUT2D eigenvalue weighted by atomic mass is 16.4. The molecule has 5 heteroatoms. The maximum absolute atomic E-state index is 9.22. The normalized spacial score (nSPS) is 29.3. The summed E-state index contributed by atoms with van der Waals surface area (Å²) in [5.74, 6) is 0. The summed E-state index contributed by atoms with van der Waals surface area (Å²) in [6.07, 6.45) is 5.30. The monoisotopic (exact) mass is 190 g/mol. The third-order valence-corrected chi connectivity index (χ3v) is 2.59. The summed E-state index contributed by atoms with van der Waals surface area (Å²) in [5, 5.41) is 25.6. The van der Waals surface area contributed by atoms with Gasteiger partial charge in [-0.2, -0.15) is 10.2 Å². The lowest BCUT2D eigenvalue weighted by Gasteiger charge is -2.24. The van der Waals surface area contributed by atoms with Crippen LogP contribution < -0.4 is 0 Å². The van der Waals surface area contributed by atoms with Gasteiger partial charge in [-0.3, -0.25) is 0 Å². The number of fused-ring (bicyclic) bond motifs is 1. The molecule has 0 spiro atoms. The lowest BCUT2D eigenvalue weighted by Crippen LogP contribution is -2.30. The molecule has 2 N–H and O–H groups in total. The highest BCUT2D eigenvalue weighted by molar-refractivity contribution is 6.48. The van der Waals surface area contributed by atoms with Crippen molar-refractivity contribution in [2.45, 2.75) is 19.2 Å². The fourth-order valence-corrected chi connectivity index (χ4v) is 1.50. The van der Waals surface area contributed by atoms with Crippen LogP contribution in [-0.2, 0) is 0 Å². The molecule has 1 atom stereocenters. The fourth-order valence-electron chi connectivity index (χ4n) is 1.50. The molecule has 0 saturated heterocycles. The van der Waals surface area contributed by atoms with Crippen LogP contribution in [0.3, 0.4) is 0 Å². The van der Waals surface area contributed by atoms with Crippen LogP contribution in [0.1, 0.15) is 13.8 Å². The second-order valence-corrected chi connectivity index (χ2v) is 3.80. The van der Waals surface area contributed by atoms with Crippen molar-refractivity contribution in [3.8, 4) is 0 Å². The van der Waals surface area contributed by atoms with Crippen LogP contribution in [0.25, 0.3) is 0 Å². The number of rotatable bonds is 1. The maximum atomic E-state index is 9.22. The third-order valence-electron chi connectivity index (χ3n) is 2.59. The van der Waals surface area contributed by atoms with Gasteiger partial charge in [-0.05, 0) is 13.0 Å². The quantitative estimate of drug-likeness (QED) is 0.592. The molecule has 72 valence electrons. The summed E-state index contributed by atoms with van der Waals surface area (Å²) in [7, 11) is -1.40. The molecule has 4 nitrogen and oxygen atoms in total. The van der Waals surface area contributed by atoms with Gasteiger partial charge in [0.1, 0.15) is 0 Å². The molecule has 0 saturated carbocycles. The van der Waals surface area contributed by atoms with Gasteiger partial charge in [0.25, 0.3) is 0 Å². The molecule has 0 aromatic rings. The van der Waals surface area contributed by atoms with E-state index >= 15 is 0 Å². The van der Waals surface area contributed by atoms with Gasteiger partial charge in [-0.15, -0.1) is 0 Å². The first kappa shape index (κ1) is 9.36. The van der Waals surface area contributed by atoms with E-state index in [1.54, 1.807) is 25.2 Å². The Hall–Kier alpha value is -1.20. The van der Waals surface area contributed by atoms with E-state index in [0.717, 1.165) is 17.0 Å². The first-order valence-electron chi connectivity index (χ1n) is 4.44. The predicted molar refractivity (Wildman–Crippen MR) is 56.3 cm³/mol. The van der Waals surface area contributed by atoms with Gasteiger partial charge in [0.15, 0.2) is 0 Å². The lowest BCUT2D eigenvalue weighted by atomic mass is 9.57. The van der Waals surface area contributed by atoms with Crippen LogP contribution in [-0.4, -0.2) is 28.6 Å². The fraction of sp³-hybridized carbons (Fsp3) is 0.333. The van der Waals surface area contributed by atoms with Crippen molar-refractivity contribution < 1.29 is 10.0 Å². The second-order valence-electron chi connectivity index (χ2n) is 3.80. The predicted octanol–water partition coefficient (Wildman–Crippen LogP) is 0.546. The zero-order chi connectivity index (χ0) is 10.3. The minimum Gasteiger partial charge on any atom is -0.426 e. The topological polar surface area (TPSA) is 65.2 Å². The minimum absolute atomic E-state index is 0.741. The van der Waals surface area contributed by atoms with Crippen LogP contribution in [0.4, 0.5) is 0 Å². The van der Waals surface area contributed by atoms with Gasteiger partial charge in [0.05, 0.1) is 11.4 Å². The molecule has 14 heavy (non-hydrogen) atoms. The largest absolute Gasteiger partial charge is 0.465 e. The highest BCUT2D eigenvalue weighted by Gasteiger charge is 2.37. The Balaban J connectivity index is 2.43. The van der Waals surface area contributed by atoms with E-state index in [-0.39, 0.29) is 0 Å². The first-order chi connectivity index (χ1) is 6.53. The minimum atomic E-state index is -1.40. The van der Waals surface area contributed by atoms with Gasteiger partial charge in [-0.25, -0.2) is 0 Å². The molecule has 1 aliphatic carbocycles. The van der Waals surface area contributed by atoms with E-state index in [0.29, 0.717) is 0 Å². The van der Waals surface area contributed by atoms with E-state index in [4.69, 9.17) is 0 Å². The second kappa shape index (κ2) is 2.90. The smallest absolute Gasteiger partial charge is 0.426 e. The van der Waals surface area contributed by atoms with Crippen LogP contribution in [0, 0.1) is 0 Å². The van der Waals surface area contributed by atoms with E-state index in [9.17, 15) is 10.0 Å². The summed E-state index contributed by atoms with van der Waals surface area (Å²) >= 11 is 0. The standard InChI is InChI=1S/C9H11BN2O2/c1-6-7-5-9(2,10(13)14)4-3-8(7)12-11-6/h3-5,13-14H,1-2H3. The summed E-state index contributed by atoms with van der Waals surface area (Å²) < 4.78 is 0. The van der Waals surface area contributed by atoms with E-state index < -0.39 is 12.4 Å². The van der Waals surface area contributed by atoms with Crippen LogP contribution in [0.2, 0.25) is 5.31 Å². The maximum Gasteiger partial charge on any atom is 0.465 e.